The van der Waals surface area contributed by atoms with Gasteiger partial charge in [0.15, 0.2) is 0 Å². The first-order valence-electron chi connectivity index (χ1n) is 8.48. The standard InChI is InChI=1S/C18H27N3O2/c1-4-21(5-2)18(23)14-6-8-16(9-7-14)20-17(22)15-10-11-19-13(3)12-15/h6-9,13,15,19H,4-5,10-12H2,1-3H3,(H,20,22)/t13-,15-/m0/s1. The van der Waals surface area contributed by atoms with E-state index in [2.05, 4.69) is 17.6 Å². The summed E-state index contributed by atoms with van der Waals surface area (Å²) >= 11 is 0. The molecule has 0 unspecified atom stereocenters. The molecule has 0 saturated carbocycles. The van der Waals surface area contributed by atoms with Gasteiger partial charge >= 0.3 is 0 Å². The van der Waals surface area contributed by atoms with Crippen LogP contribution in [0.2, 0.25) is 0 Å². The van der Waals surface area contributed by atoms with E-state index in [0.717, 1.165) is 25.1 Å². The van der Waals surface area contributed by atoms with Crippen molar-refractivity contribution in [1.29, 1.82) is 0 Å². The van der Waals surface area contributed by atoms with Crippen molar-refractivity contribution in [3.63, 3.8) is 0 Å². The van der Waals surface area contributed by atoms with Crippen LogP contribution in [0.3, 0.4) is 0 Å². The summed E-state index contributed by atoms with van der Waals surface area (Å²) in [4.78, 5) is 26.4. The molecule has 2 rings (SSSR count). The molecule has 0 bridgehead atoms. The van der Waals surface area contributed by atoms with Crippen LogP contribution in [-0.2, 0) is 4.79 Å². The molecular formula is C18H27N3O2. The van der Waals surface area contributed by atoms with Gasteiger partial charge in [-0.3, -0.25) is 9.59 Å². The third kappa shape index (κ3) is 4.55. The van der Waals surface area contributed by atoms with Gasteiger partial charge in [-0.1, -0.05) is 0 Å². The molecular weight excluding hydrogens is 290 g/mol. The molecule has 0 radical (unpaired) electrons. The van der Waals surface area contributed by atoms with E-state index in [9.17, 15) is 9.59 Å². The minimum atomic E-state index is 0.0278. The van der Waals surface area contributed by atoms with E-state index in [1.165, 1.54) is 0 Å². The molecule has 1 saturated heterocycles. The molecule has 1 fully saturated rings. The van der Waals surface area contributed by atoms with Crippen LogP contribution in [0.1, 0.15) is 44.0 Å². The topological polar surface area (TPSA) is 61.4 Å². The number of carbonyl (C=O) groups is 2. The van der Waals surface area contributed by atoms with E-state index in [-0.39, 0.29) is 17.7 Å². The number of anilines is 1. The fourth-order valence-corrected chi connectivity index (χ4v) is 3.00. The van der Waals surface area contributed by atoms with Crippen molar-refractivity contribution in [2.24, 2.45) is 5.92 Å². The number of benzene rings is 1. The van der Waals surface area contributed by atoms with Crippen LogP contribution in [0.5, 0.6) is 0 Å². The SMILES string of the molecule is CCN(CC)C(=O)c1ccc(NC(=O)[C@H]2CCN[C@@H](C)C2)cc1. The second-order valence-corrected chi connectivity index (χ2v) is 6.12. The smallest absolute Gasteiger partial charge is 0.253 e. The summed E-state index contributed by atoms with van der Waals surface area (Å²) in [6.07, 6.45) is 1.74. The predicted octanol–water partition coefficient (Wildman–Crippen LogP) is 2.50. The van der Waals surface area contributed by atoms with Gasteiger partial charge in [0.25, 0.3) is 5.91 Å². The summed E-state index contributed by atoms with van der Waals surface area (Å²) < 4.78 is 0. The number of hydrogen-bond acceptors (Lipinski definition) is 3. The molecule has 2 N–H and O–H groups in total. The highest BCUT2D eigenvalue weighted by Crippen LogP contribution is 2.19. The lowest BCUT2D eigenvalue weighted by Crippen LogP contribution is -2.40. The van der Waals surface area contributed by atoms with Gasteiger partial charge < -0.3 is 15.5 Å². The van der Waals surface area contributed by atoms with Crippen molar-refractivity contribution in [1.82, 2.24) is 10.2 Å². The summed E-state index contributed by atoms with van der Waals surface area (Å²) in [6, 6.07) is 7.55. The highest BCUT2D eigenvalue weighted by Gasteiger charge is 2.24. The number of amides is 2. The van der Waals surface area contributed by atoms with Crippen molar-refractivity contribution in [2.75, 3.05) is 25.0 Å². The Morgan fingerprint density at radius 1 is 1.22 bits per heavy atom. The van der Waals surface area contributed by atoms with Crippen molar-refractivity contribution in [3.8, 4) is 0 Å². The summed E-state index contributed by atoms with van der Waals surface area (Å²) in [5.74, 6) is 0.157. The monoisotopic (exact) mass is 317 g/mol. The Labute approximate surface area is 138 Å². The number of rotatable bonds is 5. The van der Waals surface area contributed by atoms with Crippen molar-refractivity contribution in [2.45, 2.75) is 39.7 Å². The molecule has 23 heavy (non-hydrogen) atoms. The molecule has 2 amide bonds. The highest BCUT2D eigenvalue weighted by atomic mass is 16.2. The average molecular weight is 317 g/mol. The van der Waals surface area contributed by atoms with E-state index in [0.29, 0.717) is 24.7 Å². The van der Waals surface area contributed by atoms with Crippen LogP contribution in [0.4, 0.5) is 5.69 Å². The van der Waals surface area contributed by atoms with Crippen LogP contribution >= 0.6 is 0 Å². The molecule has 0 spiro atoms. The van der Waals surface area contributed by atoms with E-state index < -0.39 is 0 Å². The molecule has 1 aromatic carbocycles. The van der Waals surface area contributed by atoms with Crippen LogP contribution in [0.25, 0.3) is 0 Å². The van der Waals surface area contributed by atoms with Crippen molar-refractivity contribution in [3.05, 3.63) is 29.8 Å². The zero-order valence-corrected chi connectivity index (χ0v) is 14.3. The first kappa shape index (κ1) is 17.5. The van der Waals surface area contributed by atoms with E-state index >= 15 is 0 Å². The van der Waals surface area contributed by atoms with E-state index in [4.69, 9.17) is 0 Å². The summed E-state index contributed by atoms with van der Waals surface area (Å²) in [6.45, 7) is 8.32. The second-order valence-electron chi connectivity index (χ2n) is 6.12. The average Bonchev–Trinajstić information content (AvgIpc) is 2.56. The van der Waals surface area contributed by atoms with Gasteiger partial charge in [0.05, 0.1) is 0 Å². The largest absolute Gasteiger partial charge is 0.339 e. The quantitative estimate of drug-likeness (QED) is 0.877. The number of hydrogen-bond donors (Lipinski definition) is 2. The van der Waals surface area contributed by atoms with Crippen molar-refractivity contribution >= 4 is 17.5 Å². The Morgan fingerprint density at radius 3 is 2.43 bits per heavy atom. The molecule has 1 heterocycles. The Kier molecular flexibility index (Phi) is 6.16. The molecule has 126 valence electrons. The Hall–Kier alpha value is -1.88. The van der Waals surface area contributed by atoms with Gasteiger partial charge in [0, 0.05) is 36.3 Å². The summed E-state index contributed by atoms with van der Waals surface area (Å²) in [5.41, 5.74) is 1.40. The highest BCUT2D eigenvalue weighted by molar-refractivity contribution is 5.96. The van der Waals surface area contributed by atoms with E-state index in [1.54, 1.807) is 29.2 Å². The molecule has 1 aliphatic heterocycles. The molecule has 0 aromatic heterocycles. The lowest BCUT2D eigenvalue weighted by atomic mass is 9.92. The van der Waals surface area contributed by atoms with Gasteiger partial charge in [-0.2, -0.15) is 0 Å². The fraction of sp³-hybridized carbons (Fsp3) is 0.556. The van der Waals surface area contributed by atoms with Crippen LogP contribution in [0, 0.1) is 5.92 Å². The zero-order valence-electron chi connectivity index (χ0n) is 14.3. The molecule has 1 aliphatic rings. The second kappa shape index (κ2) is 8.11. The Morgan fingerprint density at radius 2 is 1.87 bits per heavy atom. The van der Waals surface area contributed by atoms with Gasteiger partial charge in [-0.15, -0.1) is 0 Å². The normalized spacial score (nSPS) is 20.8. The zero-order chi connectivity index (χ0) is 16.8. The number of piperidine rings is 1. The first-order valence-corrected chi connectivity index (χ1v) is 8.48. The maximum Gasteiger partial charge on any atom is 0.253 e. The summed E-state index contributed by atoms with van der Waals surface area (Å²) in [7, 11) is 0. The minimum absolute atomic E-state index is 0.0278. The molecule has 0 aliphatic carbocycles. The third-order valence-corrected chi connectivity index (χ3v) is 4.44. The van der Waals surface area contributed by atoms with E-state index in [1.807, 2.05) is 13.8 Å². The summed E-state index contributed by atoms with van der Waals surface area (Å²) in [5, 5.41) is 6.31. The molecule has 2 atom stereocenters. The Balaban J connectivity index is 1.97. The van der Waals surface area contributed by atoms with Crippen molar-refractivity contribution < 1.29 is 9.59 Å². The lowest BCUT2D eigenvalue weighted by Gasteiger charge is -2.27. The third-order valence-electron chi connectivity index (χ3n) is 4.44. The van der Waals surface area contributed by atoms with Crippen LogP contribution in [-0.4, -0.2) is 42.4 Å². The molecule has 5 heteroatoms. The number of nitrogens with one attached hydrogen (secondary N) is 2. The predicted molar refractivity (Wildman–Crippen MR) is 92.5 cm³/mol. The van der Waals surface area contributed by atoms with Gasteiger partial charge in [0.2, 0.25) is 5.91 Å². The molecule has 5 nitrogen and oxygen atoms in total. The molecule has 1 aromatic rings. The Bertz CT molecular complexity index is 538. The number of carbonyl (C=O) groups excluding carboxylic acids is 2. The van der Waals surface area contributed by atoms with Crippen LogP contribution in [0.15, 0.2) is 24.3 Å². The maximum absolute atomic E-state index is 12.3. The van der Waals surface area contributed by atoms with Gasteiger partial charge in [-0.25, -0.2) is 0 Å². The lowest BCUT2D eigenvalue weighted by molar-refractivity contribution is -0.120. The van der Waals surface area contributed by atoms with Gasteiger partial charge in [0.1, 0.15) is 0 Å². The maximum atomic E-state index is 12.3. The minimum Gasteiger partial charge on any atom is -0.339 e. The van der Waals surface area contributed by atoms with Crippen LogP contribution < -0.4 is 10.6 Å². The number of nitrogens with zero attached hydrogens (tertiary/aromatic N) is 1. The fourth-order valence-electron chi connectivity index (χ4n) is 3.00. The first-order chi connectivity index (χ1) is 11.0. The van der Waals surface area contributed by atoms with Gasteiger partial charge in [-0.05, 0) is 64.4 Å².